The highest BCUT2D eigenvalue weighted by Gasteiger charge is 2.05. The van der Waals surface area contributed by atoms with Crippen molar-refractivity contribution in [1.82, 2.24) is 0 Å². The lowest BCUT2D eigenvalue weighted by molar-refractivity contribution is 0.112. The van der Waals surface area contributed by atoms with Crippen LogP contribution in [-0.4, -0.2) is 6.29 Å². The molecule has 0 fully saturated rings. The molecule has 0 aliphatic heterocycles. The molecule has 0 atom stereocenters. The molecule has 0 saturated carbocycles. The van der Waals surface area contributed by atoms with Crippen LogP contribution in [0.1, 0.15) is 16.1 Å². The fraction of sp³-hybridized carbons (Fsp3) is 0.0833. The van der Waals surface area contributed by atoms with E-state index >= 15 is 0 Å². The minimum Gasteiger partial charge on any atom is -0.483 e. The van der Waals surface area contributed by atoms with Crippen LogP contribution in [0.4, 0.5) is 4.39 Å². The number of aldehydes is 1. The lowest BCUT2D eigenvalue weighted by Crippen LogP contribution is -1.96. The highest BCUT2D eigenvalue weighted by molar-refractivity contribution is 5.74. The Morgan fingerprint density at radius 2 is 2.25 bits per heavy atom. The van der Waals surface area contributed by atoms with E-state index in [2.05, 4.69) is 0 Å². The molecule has 0 radical (unpaired) electrons. The summed E-state index contributed by atoms with van der Waals surface area (Å²) < 4.78 is 23.6. The van der Waals surface area contributed by atoms with Gasteiger partial charge >= 0.3 is 0 Å². The van der Waals surface area contributed by atoms with E-state index in [4.69, 9.17) is 9.15 Å². The number of halogens is 1. The Morgan fingerprint density at radius 3 is 2.88 bits per heavy atom. The van der Waals surface area contributed by atoms with E-state index in [1.807, 2.05) is 0 Å². The molecule has 0 spiro atoms. The van der Waals surface area contributed by atoms with E-state index in [0.717, 1.165) is 6.07 Å². The summed E-state index contributed by atoms with van der Waals surface area (Å²) >= 11 is 0. The Morgan fingerprint density at radius 1 is 1.38 bits per heavy atom. The van der Waals surface area contributed by atoms with Crippen molar-refractivity contribution in [3.8, 4) is 5.75 Å². The Balaban J connectivity index is 2.07. The molecule has 4 heteroatoms. The lowest BCUT2D eigenvalue weighted by atomic mass is 10.2. The minimum absolute atomic E-state index is 0.0991. The molecular weight excluding hydrogens is 211 g/mol. The molecule has 0 amide bonds. The molecular formula is C12H9FO3. The summed E-state index contributed by atoms with van der Waals surface area (Å²) in [6.07, 6.45) is 2.10. The van der Waals surface area contributed by atoms with Gasteiger partial charge in [-0.2, -0.15) is 0 Å². The molecule has 0 aliphatic carbocycles. The number of rotatable bonds is 4. The quantitative estimate of drug-likeness (QED) is 0.744. The number of benzene rings is 1. The van der Waals surface area contributed by atoms with Crippen LogP contribution in [0, 0.1) is 5.82 Å². The summed E-state index contributed by atoms with van der Waals surface area (Å²) in [7, 11) is 0. The van der Waals surface area contributed by atoms with E-state index < -0.39 is 5.82 Å². The maximum Gasteiger partial charge on any atom is 0.165 e. The molecule has 2 rings (SSSR count). The Hall–Kier alpha value is -2.10. The predicted octanol–water partition coefficient (Wildman–Crippen LogP) is 2.81. The Labute approximate surface area is 91.5 Å². The molecule has 1 aromatic heterocycles. The monoisotopic (exact) mass is 220 g/mol. The summed E-state index contributed by atoms with van der Waals surface area (Å²) in [4.78, 5) is 10.4. The molecule has 0 unspecified atom stereocenters. The number of ether oxygens (including phenoxy) is 1. The smallest absolute Gasteiger partial charge is 0.165 e. The third kappa shape index (κ3) is 2.28. The molecule has 0 bridgehead atoms. The summed E-state index contributed by atoms with van der Waals surface area (Å²) in [5.41, 5.74) is 0.280. The van der Waals surface area contributed by atoms with E-state index in [9.17, 15) is 9.18 Å². The first kappa shape index (κ1) is 10.4. The van der Waals surface area contributed by atoms with Crippen molar-refractivity contribution in [3.05, 3.63) is 53.7 Å². The van der Waals surface area contributed by atoms with Crippen LogP contribution in [0.5, 0.6) is 5.75 Å². The standard InChI is InChI=1S/C12H9FO3/c13-11-6-9(7-14)3-4-12(11)16-8-10-2-1-5-15-10/h1-7H,8H2. The minimum atomic E-state index is -0.559. The van der Waals surface area contributed by atoms with Crippen molar-refractivity contribution < 1.29 is 18.3 Å². The van der Waals surface area contributed by atoms with Gasteiger partial charge in [0.1, 0.15) is 18.7 Å². The van der Waals surface area contributed by atoms with Crippen LogP contribution >= 0.6 is 0 Å². The molecule has 1 heterocycles. The molecule has 2 aromatic rings. The number of hydrogen-bond acceptors (Lipinski definition) is 3. The van der Waals surface area contributed by atoms with Crippen LogP contribution in [0.2, 0.25) is 0 Å². The molecule has 0 N–H and O–H groups in total. The van der Waals surface area contributed by atoms with Gasteiger partial charge in [0.15, 0.2) is 11.6 Å². The normalized spacial score (nSPS) is 10.1. The van der Waals surface area contributed by atoms with E-state index in [-0.39, 0.29) is 17.9 Å². The van der Waals surface area contributed by atoms with E-state index in [1.54, 1.807) is 12.1 Å². The second-order valence-electron chi connectivity index (χ2n) is 3.18. The van der Waals surface area contributed by atoms with Crippen molar-refractivity contribution in [2.45, 2.75) is 6.61 Å². The van der Waals surface area contributed by atoms with Gasteiger partial charge in [0.05, 0.1) is 6.26 Å². The van der Waals surface area contributed by atoms with Gasteiger partial charge in [0, 0.05) is 5.56 Å². The highest BCUT2D eigenvalue weighted by atomic mass is 19.1. The van der Waals surface area contributed by atoms with Gasteiger partial charge in [-0.3, -0.25) is 4.79 Å². The Bertz CT molecular complexity index is 477. The first-order valence-corrected chi connectivity index (χ1v) is 4.69. The van der Waals surface area contributed by atoms with E-state index in [0.29, 0.717) is 12.0 Å². The number of hydrogen-bond donors (Lipinski definition) is 0. The topological polar surface area (TPSA) is 39.4 Å². The van der Waals surface area contributed by atoms with E-state index in [1.165, 1.54) is 18.4 Å². The zero-order valence-corrected chi connectivity index (χ0v) is 8.35. The van der Waals surface area contributed by atoms with Gasteiger partial charge in [0.25, 0.3) is 0 Å². The highest BCUT2D eigenvalue weighted by Crippen LogP contribution is 2.19. The average molecular weight is 220 g/mol. The fourth-order valence-electron chi connectivity index (χ4n) is 1.25. The van der Waals surface area contributed by atoms with Crippen molar-refractivity contribution in [3.63, 3.8) is 0 Å². The molecule has 82 valence electrons. The molecule has 0 saturated heterocycles. The van der Waals surface area contributed by atoms with Gasteiger partial charge < -0.3 is 9.15 Å². The third-order valence-corrected chi connectivity index (χ3v) is 2.04. The number of carbonyl (C=O) groups excluding carboxylic acids is 1. The third-order valence-electron chi connectivity index (χ3n) is 2.04. The van der Waals surface area contributed by atoms with Crippen LogP contribution in [0.3, 0.4) is 0 Å². The summed E-state index contributed by atoms with van der Waals surface area (Å²) in [6.45, 7) is 0.157. The summed E-state index contributed by atoms with van der Waals surface area (Å²) in [6, 6.07) is 7.50. The fourth-order valence-corrected chi connectivity index (χ4v) is 1.25. The van der Waals surface area contributed by atoms with Crippen molar-refractivity contribution in [2.75, 3.05) is 0 Å². The zero-order chi connectivity index (χ0) is 11.4. The maximum absolute atomic E-state index is 13.4. The van der Waals surface area contributed by atoms with Crippen LogP contribution in [0.15, 0.2) is 41.0 Å². The van der Waals surface area contributed by atoms with Gasteiger partial charge in [-0.1, -0.05) is 0 Å². The van der Waals surface area contributed by atoms with Gasteiger partial charge in [-0.15, -0.1) is 0 Å². The second kappa shape index (κ2) is 4.61. The van der Waals surface area contributed by atoms with Gasteiger partial charge in [-0.05, 0) is 30.3 Å². The Kier molecular flexibility index (Phi) is 3.00. The first-order chi connectivity index (χ1) is 7.79. The second-order valence-corrected chi connectivity index (χ2v) is 3.18. The summed E-state index contributed by atoms with van der Waals surface area (Å²) in [5.74, 6) is 0.150. The molecule has 0 aliphatic rings. The summed E-state index contributed by atoms with van der Waals surface area (Å²) in [5, 5.41) is 0. The van der Waals surface area contributed by atoms with Gasteiger partial charge in [-0.25, -0.2) is 4.39 Å². The maximum atomic E-state index is 13.4. The van der Waals surface area contributed by atoms with Crippen molar-refractivity contribution in [2.24, 2.45) is 0 Å². The van der Waals surface area contributed by atoms with Crippen LogP contribution in [0.25, 0.3) is 0 Å². The first-order valence-electron chi connectivity index (χ1n) is 4.69. The number of furan rings is 1. The van der Waals surface area contributed by atoms with Crippen molar-refractivity contribution >= 4 is 6.29 Å². The SMILES string of the molecule is O=Cc1ccc(OCc2ccco2)c(F)c1. The molecule has 16 heavy (non-hydrogen) atoms. The van der Waals surface area contributed by atoms with Crippen LogP contribution < -0.4 is 4.74 Å². The average Bonchev–Trinajstić information content (AvgIpc) is 2.80. The lowest BCUT2D eigenvalue weighted by Gasteiger charge is -2.05. The number of carbonyl (C=O) groups is 1. The van der Waals surface area contributed by atoms with Gasteiger partial charge in [0.2, 0.25) is 0 Å². The zero-order valence-electron chi connectivity index (χ0n) is 8.35. The predicted molar refractivity (Wildman–Crippen MR) is 54.8 cm³/mol. The van der Waals surface area contributed by atoms with Crippen LogP contribution in [-0.2, 0) is 6.61 Å². The van der Waals surface area contributed by atoms with Crippen molar-refractivity contribution in [1.29, 1.82) is 0 Å². The molecule has 1 aromatic carbocycles. The largest absolute Gasteiger partial charge is 0.483 e. The molecule has 3 nitrogen and oxygen atoms in total.